The minimum atomic E-state index is 0.341. The highest BCUT2D eigenvalue weighted by atomic mass is 15.2. The van der Waals surface area contributed by atoms with E-state index in [1.54, 1.807) is 0 Å². The van der Waals surface area contributed by atoms with Gasteiger partial charge in [0, 0.05) is 25.7 Å². The summed E-state index contributed by atoms with van der Waals surface area (Å²) >= 11 is 0. The Bertz CT molecular complexity index is 577. The van der Waals surface area contributed by atoms with E-state index in [0.717, 1.165) is 24.9 Å². The summed E-state index contributed by atoms with van der Waals surface area (Å²) in [6, 6.07) is 15.5. The van der Waals surface area contributed by atoms with Crippen LogP contribution in [0.5, 0.6) is 0 Å². The Morgan fingerprint density at radius 3 is 2.40 bits per heavy atom. The number of benzene rings is 2. The molecule has 3 rings (SSSR count). The molecule has 0 aliphatic carbocycles. The standard InChI is InChI=1S/C18H24N2/c1-13-11-20(12-14(13)2)18(10-19)17-9-5-7-15-6-3-4-8-16(15)17/h3-9,13-14,18H,10-12,19H2,1-2H3. The van der Waals surface area contributed by atoms with Crippen LogP contribution in [0.25, 0.3) is 10.8 Å². The molecule has 2 N–H and O–H groups in total. The quantitative estimate of drug-likeness (QED) is 0.924. The van der Waals surface area contributed by atoms with Crippen LogP contribution in [-0.4, -0.2) is 24.5 Å². The molecule has 0 saturated carbocycles. The van der Waals surface area contributed by atoms with Gasteiger partial charge in [0.25, 0.3) is 0 Å². The van der Waals surface area contributed by atoms with E-state index in [1.807, 2.05) is 0 Å². The smallest absolute Gasteiger partial charge is 0.0476 e. The molecule has 106 valence electrons. The average Bonchev–Trinajstić information content (AvgIpc) is 2.79. The lowest BCUT2D eigenvalue weighted by molar-refractivity contribution is 0.241. The van der Waals surface area contributed by atoms with Crippen molar-refractivity contribution in [1.29, 1.82) is 0 Å². The van der Waals surface area contributed by atoms with Gasteiger partial charge in [0.05, 0.1) is 0 Å². The Labute approximate surface area is 121 Å². The first-order valence-electron chi connectivity index (χ1n) is 7.62. The van der Waals surface area contributed by atoms with E-state index in [2.05, 4.69) is 61.2 Å². The fourth-order valence-electron chi connectivity index (χ4n) is 3.44. The molecule has 0 amide bonds. The first-order valence-corrected chi connectivity index (χ1v) is 7.62. The lowest BCUT2D eigenvalue weighted by Gasteiger charge is -2.28. The summed E-state index contributed by atoms with van der Waals surface area (Å²) in [5, 5.41) is 2.65. The molecular formula is C18H24N2. The van der Waals surface area contributed by atoms with E-state index in [-0.39, 0.29) is 0 Å². The van der Waals surface area contributed by atoms with Gasteiger partial charge < -0.3 is 5.73 Å². The zero-order valence-corrected chi connectivity index (χ0v) is 12.4. The van der Waals surface area contributed by atoms with Gasteiger partial charge >= 0.3 is 0 Å². The van der Waals surface area contributed by atoms with Crippen LogP contribution in [-0.2, 0) is 0 Å². The Balaban J connectivity index is 2.00. The molecule has 2 aromatic carbocycles. The average molecular weight is 268 g/mol. The van der Waals surface area contributed by atoms with Gasteiger partial charge in [-0.25, -0.2) is 0 Å². The fraction of sp³-hybridized carbons (Fsp3) is 0.444. The maximum Gasteiger partial charge on any atom is 0.0476 e. The van der Waals surface area contributed by atoms with Gasteiger partial charge in [-0.2, -0.15) is 0 Å². The minimum absolute atomic E-state index is 0.341. The third kappa shape index (κ3) is 2.34. The van der Waals surface area contributed by atoms with Crippen molar-refractivity contribution in [3.8, 4) is 0 Å². The Hall–Kier alpha value is -1.38. The largest absolute Gasteiger partial charge is 0.329 e. The van der Waals surface area contributed by atoms with Crippen molar-refractivity contribution < 1.29 is 0 Å². The molecule has 0 spiro atoms. The van der Waals surface area contributed by atoms with E-state index >= 15 is 0 Å². The second-order valence-electron chi connectivity index (χ2n) is 6.23. The normalized spacial score (nSPS) is 25.1. The number of nitrogens with two attached hydrogens (primary N) is 1. The van der Waals surface area contributed by atoms with Crippen molar-refractivity contribution in [3.05, 3.63) is 48.0 Å². The monoisotopic (exact) mass is 268 g/mol. The first kappa shape index (κ1) is 13.6. The Morgan fingerprint density at radius 2 is 1.70 bits per heavy atom. The number of likely N-dealkylation sites (tertiary alicyclic amines) is 1. The van der Waals surface area contributed by atoms with Crippen LogP contribution in [0, 0.1) is 11.8 Å². The summed E-state index contributed by atoms with van der Waals surface area (Å²) in [4.78, 5) is 2.57. The molecular weight excluding hydrogens is 244 g/mol. The van der Waals surface area contributed by atoms with Gasteiger partial charge in [0.15, 0.2) is 0 Å². The van der Waals surface area contributed by atoms with E-state index in [4.69, 9.17) is 5.73 Å². The third-order valence-electron chi connectivity index (χ3n) is 4.86. The molecule has 20 heavy (non-hydrogen) atoms. The van der Waals surface area contributed by atoms with Gasteiger partial charge in [-0.05, 0) is 28.2 Å². The van der Waals surface area contributed by atoms with Gasteiger partial charge in [-0.1, -0.05) is 56.3 Å². The maximum absolute atomic E-state index is 6.12. The molecule has 2 nitrogen and oxygen atoms in total. The highest BCUT2D eigenvalue weighted by Crippen LogP contribution is 2.33. The van der Waals surface area contributed by atoms with Gasteiger partial charge in [-0.15, -0.1) is 0 Å². The van der Waals surface area contributed by atoms with Crippen molar-refractivity contribution in [2.24, 2.45) is 17.6 Å². The van der Waals surface area contributed by atoms with E-state index in [0.29, 0.717) is 12.6 Å². The summed E-state index contributed by atoms with van der Waals surface area (Å²) in [6.07, 6.45) is 0. The highest BCUT2D eigenvalue weighted by molar-refractivity contribution is 5.86. The third-order valence-corrected chi connectivity index (χ3v) is 4.86. The molecule has 1 saturated heterocycles. The van der Waals surface area contributed by atoms with Gasteiger partial charge in [0.2, 0.25) is 0 Å². The Morgan fingerprint density at radius 1 is 1.05 bits per heavy atom. The summed E-state index contributed by atoms with van der Waals surface area (Å²) in [6.45, 7) is 7.70. The molecule has 2 aromatic rings. The molecule has 0 bridgehead atoms. The molecule has 0 aromatic heterocycles. The minimum Gasteiger partial charge on any atom is -0.329 e. The lowest BCUT2D eigenvalue weighted by Crippen LogP contribution is -2.32. The summed E-state index contributed by atoms with van der Waals surface area (Å²) in [5.41, 5.74) is 7.51. The van der Waals surface area contributed by atoms with Crippen LogP contribution >= 0.6 is 0 Å². The van der Waals surface area contributed by atoms with Crippen LogP contribution in [0.4, 0.5) is 0 Å². The topological polar surface area (TPSA) is 29.3 Å². The van der Waals surface area contributed by atoms with Crippen LogP contribution in [0.15, 0.2) is 42.5 Å². The zero-order valence-electron chi connectivity index (χ0n) is 12.4. The second-order valence-corrected chi connectivity index (χ2v) is 6.23. The first-order chi connectivity index (χ1) is 9.70. The molecule has 2 heteroatoms. The van der Waals surface area contributed by atoms with Crippen molar-refractivity contribution in [2.45, 2.75) is 19.9 Å². The fourth-order valence-corrected chi connectivity index (χ4v) is 3.44. The molecule has 0 radical (unpaired) electrons. The van der Waals surface area contributed by atoms with Crippen molar-refractivity contribution in [2.75, 3.05) is 19.6 Å². The predicted molar refractivity (Wildman–Crippen MR) is 85.6 cm³/mol. The van der Waals surface area contributed by atoms with E-state index in [9.17, 15) is 0 Å². The van der Waals surface area contributed by atoms with Crippen molar-refractivity contribution in [3.63, 3.8) is 0 Å². The summed E-state index contributed by atoms with van der Waals surface area (Å²) < 4.78 is 0. The molecule has 1 aliphatic rings. The predicted octanol–water partition coefficient (Wildman–Crippen LogP) is 3.43. The molecule has 3 unspecified atom stereocenters. The van der Waals surface area contributed by atoms with Crippen LogP contribution < -0.4 is 5.73 Å². The van der Waals surface area contributed by atoms with Crippen molar-refractivity contribution >= 4 is 10.8 Å². The number of hydrogen-bond donors (Lipinski definition) is 1. The van der Waals surface area contributed by atoms with Gasteiger partial charge in [0.1, 0.15) is 0 Å². The SMILES string of the molecule is CC1CN(C(CN)c2cccc3ccccc23)CC1C. The summed E-state index contributed by atoms with van der Waals surface area (Å²) in [7, 11) is 0. The summed E-state index contributed by atoms with van der Waals surface area (Å²) in [5.74, 6) is 1.53. The number of rotatable bonds is 3. The number of nitrogens with zero attached hydrogens (tertiary/aromatic N) is 1. The molecule has 1 heterocycles. The van der Waals surface area contributed by atoms with E-state index < -0.39 is 0 Å². The van der Waals surface area contributed by atoms with E-state index in [1.165, 1.54) is 16.3 Å². The van der Waals surface area contributed by atoms with Crippen molar-refractivity contribution in [1.82, 2.24) is 4.90 Å². The van der Waals surface area contributed by atoms with Gasteiger partial charge in [-0.3, -0.25) is 4.90 Å². The van der Waals surface area contributed by atoms with Crippen LogP contribution in [0.3, 0.4) is 0 Å². The second kappa shape index (κ2) is 5.55. The van der Waals surface area contributed by atoms with Crippen LogP contribution in [0.2, 0.25) is 0 Å². The number of fused-ring (bicyclic) bond motifs is 1. The maximum atomic E-state index is 6.12. The molecule has 3 atom stereocenters. The zero-order chi connectivity index (χ0) is 14.1. The molecule has 1 aliphatic heterocycles. The number of hydrogen-bond acceptors (Lipinski definition) is 2. The Kier molecular flexibility index (Phi) is 3.77. The lowest BCUT2D eigenvalue weighted by atomic mass is 9.98. The highest BCUT2D eigenvalue weighted by Gasteiger charge is 2.31. The van der Waals surface area contributed by atoms with Crippen LogP contribution in [0.1, 0.15) is 25.5 Å². The molecule has 1 fully saturated rings.